The zero-order chi connectivity index (χ0) is 25.5. The highest BCUT2D eigenvalue weighted by molar-refractivity contribution is 7.92. The summed E-state index contributed by atoms with van der Waals surface area (Å²) in [7, 11) is -2.63. The number of halogens is 4. The molecule has 0 saturated heterocycles. The molecule has 2 aromatic carbocycles. The summed E-state index contributed by atoms with van der Waals surface area (Å²) in [5.41, 5.74) is -1.39. The number of carbonyl (C=O) groups excluding carboxylic acids is 2. The molecule has 2 amide bonds. The molecule has 0 aliphatic heterocycles. The number of ether oxygens (including phenoxy) is 1. The molecule has 0 aliphatic rings. The van der Waals surface area contributed by atoms with Crippen molar-refractivity contribution in [1.82, 2.24) is 5.32 Å². The molecule has 8 nitrogen and oxygen atoms in total. The van der Waals surface area contributed by atoms with E-state index in [-0.39, 0.29) is 11.3 Å². The van der Waals surface area contributed by atoms with Gasteiger partial charge in [0.05, 0.1) is 33.8 Å². The van der Waals surface area contributed by atoms with E-state index in [1.807, 2.05) is 0 Å². The molecule has 2 N–H and O–H groups in total. The maximum atomic E-state index is 13.2. The summed E-state index contributed by atoms with van der Waals surface area (Å²) in [6.45, 7) is -0.0583. The molecule has 13 heteroatoms. The van der Waals surface area contributed by atoms with Gasteiger partial charge in [-0.1, -0.05) is 23.7 Å². The second kappa shape index (κ2) is 11.5. The van der Waals surface area contributed by atoms with Crippen LogP contribution >= 0.6 is 11.6 Å². The first-order valence-electron chi connectivity index (χ1n) is 9.85. The molecule has 0 unspecified atom stereocenters. The van der Waals surface area contributed by atoms with Crippen LogP contribution in [0.25, 0.3) is 0 Å². The molecule has 0 aromatic heterocycles. The van der Waals surface area contributed by atoms with Crippen LogP contribution in [-0.4, -0.2) is 53.3 Å². The van der Waals surface area contributed by atoms with Crippen molar-refractivity contribution in [3.8, 4) is 0 Å². The molecule has 0 spiro atoms. The molecule has 0 heterocycles. The third kappa shape index (κ3) is 7.61. The highest BCUT2D eigenvalue weighted by atomic mass is 35.5. The topological polar surface area (TPSA) is 105 Å². The fourth-order valence-electron chi connectivity index (χ4n) is 2.91. The van der Waals surface area contributed by atoms with Gasteiger partial charge < -0.3 is 15.4 Å². The Labute approximate surface area is 200 Å². The van der Waals surface area contributed by atoms with Crippen LogP contribution in [0.4, 0.5) is 24.5 Å². The van der Waals surface area contributed by atoms with E-state index in [4.69, 9.17) is 16.3 Å². The van der Waals surface area contributed by atoms with Crippen LogP contribution in [0.5, 0.6) is 0 Å². The number of nitrogens with one attached hydrogen (secondary N) is 2. The lowest BCUT2D eigenvalue weighted by molar-refractivity contribution is -0.137. The highest BCUT2D eigenvalue weighted by Crippen LogP contribution is 2.37. The Balaban J connectivity index is 2.25. The van der Waals surface area contributed by atoms with Crippen LogP contribution in [-0.2, 0) is 25.7 Å². The van der Waals surface area contributed by atoms with Crippen LogP contribution in [0, 0.1) is 0 Å². The average molecular weight is 522 g/mol. The van der Waals surface area contributed by atoms with Gasteiger partial charge in [-0.3, -0.25) is 13.9 Å². The number of hydrogen-bond donors (Lipinski definition) is 2. The Morgan fingerprint density at radius 2 is 1.82 bits per heavy atom. The quantitative estimate of drug-likeness (QED) is 0.465. The number of sulfonamides is 1. The van der Waals surface area contributed by atoms with Crippen molar-refractivity contribution >= 4 is 44.8 Å². The van der Waals surface area contributed by atoms with E-state index in [1.165, 1.54) is 19.2 Å². The molecular weight excluding hydrogens is 499 g/mol. The lowest BCUT2D eigenvalue weighted by Gasteiger charge is -2.23. The summed E-state index contributed by atoms with van der Waals surface area (Å²) in [4.78, 5) is 25.1. The Hall–Kier alpha value is -2.83. The van der Waals surface area contributed by atoms with Gasteiger partial charge in [0, 0.05) is 20.3 Å². The van der Waals surface area contributed by atoms with Gasteiger partial charge in [0.15, 0.2) is 0 Å². The number of methoxy groups -OCH3 is 1. The largest absolute Gasteiger partial charge is 0.417 e. The van der Waals surface area contributed by atoms with Crippen molar-refractivity contribution in [2.45, 2.75) is 12.6 Å². The Morgan fingerprint density at radius 3 is 2.44 bits per heavy atom. The van der Waals surface area contributed by atoms with E-state index >= 15 is 0 Å². The molecule has 0 aliphatic carbocycles. The first-order chi connectivity index (χ1) is 15.8. The molecular formula is C21H23ClF3N3O5S. The summed E-state index contributed by atoms with van der Waals surface area (Å²) < 4.78 is 69.6. The van der Waals surface area contributed by atoms with Gasteiger partial charge in [0.1, 0.15) is 6.54 Å². The molecule has 0 radical (unpaired) electrons. The number of amides is 2. The SMILES string of the molecule is COCCCNC(=O)c1ccccc1NC(=O)CN(c1ccc(Cl)c(C(F)(F)F)c1)S(C)(=O)=O. The number of nitrogens with zero attached hydrogens (tertiary/aromatic N) is 1. The summed E-state index contributed by atoms with van der Waals surface area (Å²) >= 11 is 5.60. The normalized spacial score (nSPS) is 11.7. The van der Waals surface area contributed by atoms with Gasteiger partial charge in [-0.25, -0.2) is 8.42 Å². The van der Waals surface area contributed by atoms with Gasteiger partial charge in [0.2, 0.25) is 15.9 Å². The van der Waals surface area contributed by atoms with Crippen LogP contribution in [0.15, 0.2) is 42.5 Å². The molecule has 34 heavy (non-hydrogen) atoms. The molecule has 0 fully saturated rings. The van der Waals surface area contributed by atoms with E-state index in [2.05, 4.69) is 10.6 Å². The lowest BCUT2D eigenvalue weighted by atomic mass is 10.1. The van der Waals surface area contributed by atoms with Crippen molar-refractivity contribution in [2.75, 3.05) is 42.7 Å². The van der Waals surface area contributed by atoms with E-state index in [0.29, 0.717) is 29.9 Å². The van der Waals surface area contributed by atoms with Crippen LogP contribution in [0.2, 0.25) is 5.02 Å². The predicted octanol–water partition coefficient (Wildman–Crippen LogP) is 3.53. The Morgan fingerprint density at radius 1 is 1.15 bits per heavy atom. The minimum Gasteiger partial charge on any atom is -0.385 e. The van der Waals surface area contributed by atoms with Crippen molar-refractivity contribution in [3.05, 3.63) is 58.6 Å². The van der Waals surface area contributed by atoms with Crippen molar-refractivity contribution < 1.29 is 35.9 Å². The molecule has 186 valence electrons. The fraction of sp³-hybridized carbons (Fsp3) is 0.333. The van der Waals surface area contributed by atoms with Crippen LogP contribution < -0.4 is 14.9 Å². The molecule has 0 saturated carbocycles. The van der Waals surface area contributed by atoms with E-state index in [0.717, 1.165) is 18.4 Å². The predicted molar refractivity (Wildman–Crippen MR) is 123 cm³/mol. The maximum Gasteiger partial charge on any atom is 0.417 e. The number of para-hydroxylation sites is 1. The zero-order valence-electron chi connectivity index (χ0n) is 18.3. The molecule has 0 atom stereocenters. The Kier molecular flexibility index (Phi) is 9.30. The summed E-state index contributed by atoms with van der Waals surface area (Å²) in [5, 5.41) is 4.50. The van der Waals surface area contributed by atoms with Gasteiger partial charge >= 0.3 is 6.18 Å². The summed E-state index contributed by atoms with van der Waals surface area (Å²) in [6, 6.07) is 8.56. The summed E-state index contributed by atoms with van der Waals surface area (Å²) in [5.74, 6) is -1.34. The zero-order valence-corrected chi connectivity index (χ0v) is 19.9. The molecule has 0 bridgehead atoms. The molecule has 2 rings (SSSR count). The van der Waals surface area contributed by atoms with Gasteiger partial charge in [-0.2, -0.15) is 13.2 Å². The average Bonchev–Trinajstić information content (AvgIpc) is 2.74. The maximum absolute atomic E-state index is 13.2. The number of carbonyl (C=O) groups is 2. The first-order valence-corrected chi connectivity index (χ1v) is 12.1. The van der Waals surface area contributed by atoms with Crippen LogP contribution in [0.1, 0.15) is 22.3 Å². The molecule has 2 aromatic rings. The number of anilines is 2. The van der Waals surface area contributed by atoms with Crippen molar-refractivity contribution in [3.63, 3.8) is 0 Å². The standard InChI is InChI=1S/C21H23ClF3N3O5S/c1-33-11-5-10-26-20(30)15-6-3-4-7-18(15)27-19(29)13-28(34(2,31)32)14-8-9-17(22)16(12-14)21(23,24)25/h3-4,6-9,12H,5,10-11,13H2,1-2H3,(H,26,30)(H,27,29). The second-order valence-corrected chi connectivity index (χ2v) is 9.44. The van der Waals surface area contributed by atoms with Gasteiger partial charge in [-0.05, 0) is 36.8 Å². The van der Waals surface area contributed by atoms with E-state index < -0.39 is 50.8 Å². The third-order valence-corrected chi connectivity index (χ3v) is 5.96. The van der Waals surface area contributed by atoms with E-state index in [9.17, 15) is 31.2 Å². The van der Waals surface area contributed by atoms with E-state index in [1.54, 1.807) is 12.1 Å². The minimum atomic E-state index is -4.83. The van der Waals surface area contributed by atoms with Crippen LogP contribution in [0.3, 0.4) is 0 Å². The van der Waals surface area contributed by atoms with Gasteiger partial charge in [-0.15, -0.1) is 0 Å². The minimum absolute atomic E-state index is 0.109. The number of benzene rings is 2. The lowest BCUT2D eigenvalue weighted by Crippen LogP contribution is -2.38. The van der Waals surface area contributed by atoms with Crippen molar-refractivity contribution in [2.24, 2.45) is 0 Å². The second-order valence-electron chi connectivity index (χ2n) is 7.13. The Bertz CT molecular complexity index is 1140. The number of alkyl halides is 3. The number of rotatable bonds is 10. The fourth-order valence-corrected chi connectivity index (χ4v) is 3.98. The summed E-state index contributed by atoms with van der Waals surface area (Å²) in [6.07, 6.45) is -3.50. The van der Waals surface area contributed by atoms with Gasteiger partial charge in [0.25, 0.3) is 5.91 Å². The number of hydrogen-bond acceptors (Lipinski definition) is 5. The smallest absolute Gasteiger partial charge is 0.385 e. The van der Waals surface area contributed by atoms with Crippen molar-refractivity contribution in [1.29, 1.82) is 0 Å². The first kappa shape index (κ1) is 27.4. The monoisotopic (exact) mass is 521 g/mol. The highest BCUT2D eigenvalue weighted by Gasteiger charge is 2.34. The third-order valence-electron chi connectivity index (χ3n) is 4.49.